The molecule has 22 heavy (non-hydrogen) atoms. The van der Waals surface area contributed by atoms with Gasteiger partial charge in [0.05, 0.1) is 23.1 Å². The van der Waals surface area contributed by atoms with Gasteiger partial charge in [0, 0.05) is 25.7 Å². The van der Waals surface area contributed by atoms with Gasteiger partial charge in [0.15, 0.2) is 5.69 Å². The van der Waals surface area contributed by atoms with Gasteiger partial charge in [0.2, 0.25) is 0 Å². The number of anilines is 2. The Morgan fingerprint density at radius 2 is 2.09 bits per heavy atom. The summed E-state index contributed by atoms with van der Waals surface area (Å²) in [4.78, 5) is 18.6. The Morgan fingerprint density at radius 3 is 2.86 bits per heavy atom. The number of benzene rings is 1. The van der Waals surface area contributed by atoms with Crippen molar-refractivity contribution < 1.29 is 4.79 Å². The number of pyridine rings is 1. The summed E-state index contributed by atoms with van der Waals surface area (Å²) in [7, 11) is 3.76. The molecule has 0 fully saturated rings. The number of rotatable bonds is 3. The van der Waals surface area contributed by atoms with Crippen LogP contribution in [0.5, 0.6) is 0 Å². The Labute approximate surface area is 128 Å². The number of amides is 1. The van der Waals surface area contributed by atoms with Gasteiger partial charge in [-0.15, -0.1) is 0 Å². The fraction of sp³-hybridized carbons (Fsp3) is 0.188. The molecule has 0 aliphatic rings. The van der Waals surface area contributed by atoms with Crippen molar-refractivity contribution in [3.63, 3.8) is 0 Å². The molecule has 0 saturated carbocycles. The second-order valence-electron chi connectivity index (χ2n) is 5.31. The first kappa shape index (κ1) is 14.1. The molecule has 3 aromatic rings. The summed E-state index contributed by atoms with van der Waals surface area (Å²) < 4.78 is 0. The number of nitrogens with one attached hydrogen (secondary N) is 2. The topological polar surface area (TPSA) is 73.9 Å². The standard InChI is InChI=1S/C16H17N5O/c1-10-6-7-12(14-11(10)9-18-20-14)19-16(22)15-13(21(2)3)5-4-8-17-15/h4-9H,1-3H3,(H,18,20)(H,19,22). The van der Waals surface area contributed by atoms with Crippen molar-refractivity contribution in [2.45, 2.75) is 6.92 Å². The van der Waals surface area contributed by atoms with Crippen LogP contribution in [0.25, 0.3) is 10.9 Å². The summed E-state index contributed by atoms with van der Waals surface area (Å²) >= 11 is 0. The molecule has 0 saturated heterocycles. The van der Waals surface area contributed by atoms with Gasteiger partial charge in [0.1, 0.15) is 0 Å². The first-order valence-electron chi connectivity index (χ1n) is 6.94. The van der Waals surface area contributed by atoms with Gasteiger partial charge in [-0.25, -0.2) is 4.98 Å². The van der Waals surface area contributed by atoms with Gasteiger partial charge >= 0.3 is 0 Å². The SMILES string of the molecule is Cc1ccc(NC(=O)c2ncccc2N(C)C)c2[nH]ncc12. The lowest BCUT2D eigenvalue weighted by atomic mass is 10.1. The van der Waals surface area contributed by atoms with E-state index in [9.17, 15) is 4.79 Å². The van der Waals surface area contributed by atoms with E-state index in [1.165, 1.54) is 0 Å². The highest BCUT2D eigenvalue weighted by Gasteiger charge is 2.16. The van der Waals surface area contributed by atoms with Crippen molar-refractivity contribution >= 4 is 28.2 Å². The van der Waals surface area contributed by atoms with Gasteiger partial charge in [-0.2, -0.15) is 5.10 Å². The fourth-order valence-corrected chi connectivity index (χ4v) is 2.39. The average molecular weight is 295 g/mol. The number of carbonyl (C=O) groups is 1. The zero-order valence-electron chi connectivity index (χ0n) is 12.7. The molecule has 0 spiro atoms. The molecule has 0 radical (unpaired) electrons. The van der Waals surface area contributed by atoms with Crippen LogP contribution in [0, 0.1) is 6.92 Å². The Hall–Kier alpha value is -2.89. The molecule has 0 aliphatic heterocycles. The molecular formula is C16H17N5O. The van der Waals surface area contributed by atoms with Crippen molar-refractivity contribution in [1.82, 2.24) is 15.2 Å². The summed E-state index contributed by atoms with van der Waals surface area (Å²) in [5, 5.41) is 10.9. The fourth-order valence-electron chi connectivity index (χ4n) is 2.39. The maximum absolute atomic E-state index is 12.6. The molecule has 2 heterocycles. The Morgan fingerprint density at radius 1 is 1.27 bits per heavy atom. The van der Waals surface area contributed by atoms with E-state index in [0.29, 0.717) is 11.4 Å². The van der Waals surface area contributed by atoms with Gasteiger partial charge in [-0.3, -0.25) is 9.89 Å². The van der Waals surface area contributed by atoms with Gasteiger partial charge in [0.25, 0.3) is 5.91 Å². The van der Waals surface area contributed by atoms with E-state index < -0.39 is 0 Å². The van der Waals surface area contributed by atoms with E-state index in [2.05, 4.69) is 20.5 Å². The number of hydrogen-bond donors (Lipinski definition) is 2. The predicted molar refractivity (Wildman–Crippen MR) is 87.3 cm³/mol. The minimum Gasteiger partial charge on any atom is -0.376 e. The first-order valence-corrected chi connectivity index (χ1v) is 6.94. The van der Waals surface area contributed by atoms with Crippen molar-refractivity contribution in [2.24, 2.45) is 0 Å². The van der Waals surface area contributed by atoms with E-state index in [4.69, 9.17) is 0 Å². The van der Waals surface area contributed by atoms with Crippen LogP contribution in [-0.4, -0.2) is 35.2 Å². The van der Waals surface area contributed by atoms with Crippen LogP contribution >= 0.6 is 0 Å². The highest BCUT2D eigenvalue weighted by Crippen LogP contribution is 2.25. The molecule has 6 nitrogen and oxygen atoms in total. The normalized spacial score (nSPS) is 10.7. The van der Waals surface area contributed by atoms with E-state index in [1.54, 1.807) is 12.4 Å². The zero-order chi connectivity index (χ0) is 15.7. The summed E-state index contributed by atoms with van der Waals surface area (Å²) in [6, 6.07) is 7.50. The summed E-state index contributed by atoms with van der Waals surface area (Å²) in [6.45, 7) is 2.01. The zero-order valence-corrected chi connectivity index (χ0v) is 12.7. The number of aromatic nitrogens is 3. The van der Waals surface area contributed by atoms with Crippen molar-refractivity contribution in [3.05, 3.63) is 47.9 Å². The molecule has 112 valence electrons. The third-order valence-electron chi connectivity index (χ3n) is 3.57. The monoisotopic (exact) mass is 295 g/mol. The molecule has 1 aromatic carbocycles. The van der Waals surface area contributed by atoms with Gasteiger partial charge < -0.3 is 10.2 Å². The summed E-state index contributed by atoms with van der Waals surface area (Å²) in [5.41, 5.74) is 3.77. The Kier molecular flexibility index (Phi) is 3.50. The predicted octanol–water partition coefficient (Wildman–Crippen LogP) is 2.58. The smallest absolute Gasteiger partial charge is 0.276 e. The third kappa shape index (κ3) is 2.39. The van der Waals surface area contributed by atoms with Gasteiger partial charge in [-0.1, -0.05) is 6.07 Å². The van der Waals surface area contributed by atoms with E-state index >= 15 is 0 Å². The van der Waals surface area contributed by atoms with E-state index in [0.717, 1.165) is 22.2 Å². The van der Waals surface area contributed by atoms with Crippen molar-refractivity contribution in [2.75, 3.05) is 24.3 Å². The molecule has 3 rings (SSSR count). The number of aromatic amines is 1. The molecule has 6 heteroatoms. The highest BCUT2D eigenvalue weighted by molar-refractivity contribution is 6.10. The van der Waals surface area contributed by atoms with E-state index in [-0.39, 0.29) is 5.91 Å². The number of aryl methyl sites for hydroxylation is 1. The number of hydrogen-bond acceptors (Lipinski definition) is 4. The number of carbonyl (C=O) groups excluding carboxylic acids is 1. The lowest BCUT2D eigenvalue weighted by molar-refractivity contribution is 0.102. The molecule has 0 atom stereocenters. The van der Waals surface area contributed by atoms with Crippen LogP contribution in [-0.2, 0) is 0 Å². The van der Waals surface area contributed by atoms with Crippen LogP contribution in [0.3, 0.4) is 0 Å². The molecule has 0 bridgehead atoms. The van der Waals surface area contributed by atoms with Crippen molar-refractivity contribution in [1.29, 1.82) is 0 Å². The Bertz CT molecular complexity index is 837. The summed E-state index contributed by atoms with van der Waals surface area (Å²) in [6.07, 6.45) is 3.37. The van der Waals surface area contributed by atoms with Crippen LogP contribution in [0.1, 0.15) is 16.1 Å². The lowest BCUT2D eigenvalue weighted by Gasteiger charge is -2.16. The quantitative estimate of drug-likeness (QED) is 0.779. The second kappa shape index (κ2) is 5.48. The third-order valence-corrected chi connectivity index (χ3v) is 3.57. The van der Waals surface area contributed by atoms with Crippen molar-refractivity contribution in [3.8, 4) is 0 Å². The highest BCUT2D eigenvalue weighted by atomic mass is 16.1. The maximum atomic E-state index is 12.6. The van der Waals surface area contributed by atoms with Gasteiger partial charge in [-0.05, 0) is 30.7 Å². The molecular weight excluding hydrogens is 278 g/mol. The van der Waals surface area contributed by atoms with Crippen LogP contribution in [0.15, 0.2) is 36.7 Å². The molecule has 0 unspecified atom stereocenters. The Balaban J connectivity index is 1.97. The van der Waals surface area contributed by atoms with E-state index in [1.807, 2.05) is 50.2 Å². The minimum atomic E-state index is -0.246. The number of H-pyrrole nitrogens is 1. The average Bonchev–Trinajstić information content (AvgIpc) is 3.00. The molecule has 0 aliphatic carbocycles. The van der Waals surface area contributed by atoms with Crippen LogP contribution < -0.4 is 10.2 Å². The lowest BCUT2D eigenvalue weighted by Crippen LogP contribution is -2.20. The summed E-state index contributed by atoms with van der Waals surface area (Å²) in [5.74, 6) is -0.246. The maximum Gasteiger partial charge on any atom is 0.276 e. The number of fused-ring (bicyclic) bond motifs is 1. The second-order valence-corrected chi connectivity index (χ2v) is 5.31. The van der Waals surface area contributed by atoms with Crippen LogP contribution in [0.2, 0.25) is 0 Å². The molecule has 2 N–H and O–H groups in total. The largest absolute Gasteiger partial charge is 0.376 e. The first-order chi connectivity index (χ1) is 10.6. The minimum absolute atomic E-state index is 0.246. The molecule has 2 aromatic heterocycles. The van der Waals surface area contributed by atoms with Crippen LogP contribution in [0.4, 0.5) is 11.4 Å². The molecule has 1 amide bonds. The number of nitrogens with zero attached hydrogens (tertiary/aromatic N) is 3.